The fraction of sp³-hybridized carbons (Fsp3) is 0.268. The molecule has 7 rings (SSSR count). The van der Waals surface area contributed by atoms with Crippen LogP contribution < -0.4 is 31.9 Å². The van der Waals surface area contributed by atoms with Gasteiger partial charge in [0.25, 0.3) is 0 Å². The lowest BCUT2D eigenvalue weighted by atomic mass is 9.13. The molecule has 5 aromatic rings. The van der Waals surface area contributed by atoms with Crippen molar-refractivity contribution in [2.75, 3.05) is 7.11 Å². The van der Waals surface area contributed by atoms with Crippen LogP contribution in [0.5, 0.6) is 5.75 Å². The number of para-hydroxylation sites is 1. The number of benzene rings is 5. The number of hydrogen-bond acceptors (Lipinski definition) is 1. The molecule has 5 aromatic carbocycles. The SMILES string of the molecule is COc1ccccc1[PH+](C1CCCC1)C1CCCC1.c1ccc([B-](c2ccccc2)(c2ccccc2)c2ccccc2)cc1. The van der Waals surface area contributed by atoms with Gasteiger partial charge in [0.2, 0.25) is 0 Å². The van der Waals surface area contributed by atoms with Crippen molar-refractivity contribution in [1.82, 2.24) is 0 Å². The van der Waals surface area contributed by atoms with Gasteiger partial charge in [-0.15, -0.1) is 0 Å². The average molecular weight is 597 g/mol. The molecule has 1 nitrogen and oxygen atoms in total. The van der Waals surface area contributed by atoms with Crippen LogP contribution in [-0.2, 0) is 0 Å². The molecule has 44 heavy (non-hydrogen) atoms. The van der Waals surface area contributed by atoms with Gasteiger partial charge < -0.3 is 4.74 Å². The molecule has 3 heteroatoms. The predicted octanol–water partition coefficient (Wildman–Crippen LogP) is 7.48. The van der Waals surface area contributed by atoms with Crippen LogP contribution >= 0.6 is 7.92 Å². The lowest BCUT2D eigenvalue weighted by Gasteiger charge is -2.44. The van der Waals surface area contributed by atoms with Gasteiger partial charge in [-0.25, -0.2) is 0 Å². The second-order valence-electron chi connectivity index (χ2n) is 12.6. The molecule has 0 amide bonds. The second kappa shape index (κ2) is 14.9. The van der Waals surface area contributed by atoms with Crippen LogP contribution in [0.1, 0.15) is 51.4 Å². The highest BCUT2D eigenvalue weighted by molar-refractivity contribution is 7.67. The first-order valence-corrected chi connectivity index (χ1v) is 18.4. The molecule has 224 valence electrons. The maximum absolute atomic E-state index is 5.67. The second-order valence-corrected chi connectivity index (χ2v) is 15.7. The van der Waals surface area contributed by atoms with E-state index in [2.05, 4.69) is 146 Å². The van der Waals surface area contributed by atoms with Crippen molar-refractivity contribution in [3.8, 4) is 5.75 Å². The Morgan fingerprint density at radius 2 is 0.773 bits per heavy atom. The van der Waals surface area contributed by atoms with Crippen molar-refractivity contribution in [2.24, 2.45) is 0 Å². The molecule has 0 radical (unpaired) electrons. The van der Waals surface area contributed by atoms with E-state index < -0.39 is 14.1 Å². The highest BCUT2D eigenvalue weighted by Gasteiger charge is 2.42. The van der Waals surface area contributed by atoms with Crippen molar-refractivity contribution in [3.05, 3.63) is 146 Å². The molecule has 0 saturated heterocycles. The van der Waals surface area contributed by atoms with Crippen LogP contribution in [0, 0.1) is 0 Å². The Morgan fingerprint density at radius 1 is 0.455 bits per heavy atom. The topological polar surface area (TPSA) is 9.23 Å². The smallest absolute Gasteiger partial charge is 0.160 e. The normalized spacial score (nSPS) is 15.6. The number of hydrogen-bond donors (Lipinski definition) is 0. The summed E-state index contributed by atoms with van der Waals surface area (Å²) in [6, 6.07) is 52.4. The van der Waals surface area contributed by atoms with Crippen molar-refractivity contribution < 1.29 is 4.74 Å². The van der Waals surface area contributed by atoms with Crippen LogP contribution in [0.2, 0.25) is 0 Å². The van der Waals surface area contributed by atoms with E-state index >= 15 is 0 Å². The van der Waals surface area contributed by atoms with E-state index in [1.54, 1.807) is 5.30 Å². The highest BCUT2D eigenvalue weighted by Crippen LogP contribution is 2.57. The zero-order valence-electron chi connectivity index (χ0n) is 26.2. The fourth-order valence-corrected chi connectivity index (χ4v) is 12.6. The molecule has 2 saturated carbocycles. The average Bonchev–Trinajstić information content (AvgIpc) is 3.84. The maximum atomic E-state index is 5.67. The van der Waals surface area contributed by atoms with Crippen molar-refractivity contribution in [3.63, 3.8) is 0 Å². The van der Waals surface area contributed by atoms with E-state index in [0.29, 0.717) is 0 Å². The standard InChI is InChI=1S/C24H20B.C17H25OP/c1-5-13-21(14-6-1)25(22-15-7-2-8-16-22,23-17-9-3-10-18-23)24-19-11-4-12-20-24;1-18-16-12-6-7-13-17(16)19(14-8-2-3-9-14)15-10-4-5-11-15/h1-20H;6-7,12-15H,2-5,8-11H2,1H3/q-1;/p+1. The van der Waals surface area contributed by atoms with Gasteiger partial charge in [0.1, 0.15) is 11.5 Å². The Bertz CT molecular complexity index is 1370. The molecule has 0 aliphatic heterocycles. The quantitative estimate of drug-likeness (QED) is 0.133. The molecular formula is C41H46BOP. The van der Waals surface area contributed by atoms with Crippen molar-refractivity contribution >= 4 is 41.2 Å². The van der Waals surface area contributed by atoms with Gasteiger partial charge in [-0.3, -0.25) is 0 Å². The Labute approximate surface area is 266 Å². The van der Waals surface area contributed by atoms with E-state index in [1.165, 1.54) is 73.2 Å². The lowest BCUT2D eigenvalue weighted by Crippen LogP contribution is -2.74. The van der Waals surface area contributed by atoms with Gasteiger partial charge in [0.15, 0.2) is 5.75 Å². The van der Waals surface area contributed by atoms with E-state index in [0.717, 1.165) is 17.1 Å². The van der Waals surface area contributed by atoms with Crippen LogP contribution in [0.3, 0.4) is 0 Å². The summed E-state index contributed by atoms with van der Waals surface area (Å²) < 4.78 is 5.67. The highest BCUT2D eigenvalue weighted by atomic mass is 31.1. The summed E-state index contributed by atoms with van der Waals surface area (Å²) in [6.07, 6.45) is 10.5. The van der Waals surface area contributed by atoms with Gasteiger partial charge in [-0.1, -0.05) is 133 Å². The third kappa shape index (κ3) is 6.43. The molecule has 0 aromatic heterocycles. The van der Waals surface area contributed by atoms with Crippen molar-refractivity contribution in [2.45, 2.75) is 62.7 Å². The molecule has 2 fully saturated rings. The summed E-state index contributed by atoms with van der Waals surface area (Å²) in [5.41, 5.74) is 7.36. The Morgan fingerprint density at radius 3 is 1.11 bits per heavy atom. The van der Waals surface area contributed by atoms with Crippen LogP contribution in [0.15, 0.2) is 146 Å². The predicted molar refractivity (Wildman–Crippen MR) is 196 cm³/mol. The Kier molecular flexibility index (Phi) is 10.3. The van der Waals surface area contributed by atoms with E-state index in [9.17, 15) is 0 Å². The summed E-state index contributed by atoms with van der Waals surface area (Å²) >= 11 is 0. The first-order valence-electron chi connectivity index (χ1n) is 16.7. The van der Waals surface area contributed by atoms with Crippen molar-refractivity contribution in [1.29, 1.82) is 0 Å². The largest absolute Gasteiger partial charge is 0.493 e. The Balaban J connectivity index is 0.000000162. The molecule has 0 heterocycles. The molecular weight excluding hydrogens is 550 g/mol. The first kappa shape index (κ1) is 30.4. The summed E-state index contributed by atoms with van der Waals surface area (Å²) in [6.45, 7) is 0. The third-order valence-electron chi connectivity index (χ3n) is 10.2. The summed E-state index contributed by atoms with van der Waals surface area (Å²) in [5, 5.41) is 1.59. The summed E-state index contributed by atoms with van der Waals surface area (Å²) in [5.74, 6) is 1.16. The van der Waals surface area contributed by atoms with Gasteiger partial charge in [-0.2, -0.15) is 21.9 Å². The minimum absolute atomic E-state index is 0.444. The molecule has 0 spiro atoms. The number of ether oxygens (including phenoxy) is 1. The zero-order chi connectivity index (χ0) is 30.0. The van der Waals surface area contributed by atoms with Gasteiger partial charge in [0, 0.05) is 7.92 Å². The summed E-state index contributed by atoms with van der Waals surface area (Å²) in [7, 11) is 1.39. The van der Waals surface area contributed by atoms with Crippen LogP contribution in [0.4, 0.5) is 0 Å². The van der Waals surface area contributed by atoms with Gasteiger partial charge in [0.05, 0.1) is 18.4 Å². The number of methoxy groups -OCH3 is 1. The third-order valence-corrected chi connectivity index (χ3v) is 14.2. The number of rotatable bonds is 8. The zero-order valence-corrected chi connectivity index (χ0v) is 27.2. The lowest BCUT2D eigenvalue weighted by molar-refractivity contribution is 0.418. The molecule has 0 atom stereocenters. The fourth-order valence-electron chi connectivity index (χ4n) is 8.25. The monoisotopic (exact) mass is 596 g/mol. The minimum atomic E-state index is -1.22. The molecule has 0 N–H and O–H groups in total. The molecule has 2 aliphatic rings. The first-order chi connectivity index (χ1) is 21.8. The van der Waals surface area contributed by atoms with E-state index in [4.69, 9.17) is 4.74 Å². The van der Waals surface area contributed by atoms with E-state index in [-0.39, 0.29) is 0 Å². The van der Waals surface area contributed by atoms with Gasteiger partial charge in [-0.05, 0) is 63.5 Å². The molecule has 2 aliphatic carbocycles. The van der Waals surface area contributed by atoms with Gasteiger partial charge >= 0.3 is 0 Å². The minimum Gasteiger partial charge on any atom is -0.493 e. The van der Waals surface area contributed by atoms with Crippen LogP contribution in [0.25, 0.3) is 0 Å². The molecule has 0 unspecified atom stereocenters. The Hall–Kier alpha value is -3.61. The van der Waals surface area contributed by atoms with Crippen LogP contribution in [-0.4, -0.2) is 24.6 Å². The molecule has 0 bridgehead atoms. The maximum Gasteiger partial charge on any atom is 0.160 e. The van der Waals surface area contributed by atoms with E-state index in [1.807, 2.05) is 7.11 Å². The summed E-state index contributed by atoms with van der Waals surface area (Å²) in [4.78, 5) is 0.